The number of ether oxygens (including phenoxy) is 1. The van der Waals surface area contributed by atoms with Gasteiger partial charge in [0.15, 0.2) is 0 Å². The van der Waals surface area contributed by atoms with Crippen LogP contribution in [0.1, 0.15) is 30.0 Å². The largest absolute Gasteiger partial charge is 0.496 e. The Morgan fingerprint density at radius 2 is 2.25 bits per heavy atom. The highest BCUT2D eigenvalue weighted by Gasteiger charge is 2.26. The van der Waals surface area contributed by atoms with E-state index in [1.807, 2.05) is 18.2 Å². The minimum Gasteiger partial charge on any atom is -0.496 e. The lowest BCUT2D eigenvalue weighted by Gasteiger charge is -2.15. The van der Waals surface area contributed by atoms with E-state index in [0.29, 0.717) is 0 Å². The summed E-state index contributed by atoms with van der Waals surface area (Å²) >= 11 is 0. The normalized spacial score (nSPS) is 16.4. The highest BCUT2D eigenvalue weighted by atomic mass is 16.5. The van der Waals surface area contributed by atoms with Crippen LogP contribution < -0.4 is 15.4 Å². The molecule has 3 N–H and O–H groups in total. The minimum atomic E-state index is -0.929. The van der Waals surface area contributed by atoms with Crippen LogP contribution in [-0.4, -0.2) is 30.8 Å². The molecule has 0 bridgehead atoms. The van der Waals surface area contributed by atoms with Gasteiger partial charge in [-0.25, -0.2) is 4.79 Å². The molecule has 0 fully saturated rings. The molecule has 2 rings (SSSR count). The van der Waals surface area contributed by atoms with Crippen molar-refractivity contribution in [2.45, 2.75) is 25.3 Å². The smallest absolute Gasteiger partial charge is 0.315 e. The summed E-state index contributed by atoms with van der Waals surface area (Å²) in [6, 6.07) is 5.40. The van der Waals surface area contributed by atoms with Crippen LogP contribution in [0, 0.1) is 0 Å². The molecular weight excluding hydrogens is 260 g/mol. The van der Waals surface area contributed by atoms with Crippen LogP contribution in [0.2, 0.25) is 0 Å². The number of carbonyl (C=O) groups excluding carboxylic acids is 1. The van der Waals surface area contributed by atoms with Gasteiger partial charge in [-0.05, 0) is 30.0 Å². The fourth-order valence-electron chi connectivity index (χ4n) is 2.45. The summed E-state index contributed by atoms with van der Waals surface area (Å²) in [6.45, 7) is 0.124. The standard InChI is InChI=1S/C14H18N2O4/c1-20-12-4-2-3-9-10(12)5-6-11(9)16-14(19)15-8-7-13(17)18/h2-4,11H,5-8H2,1H3,(H,17,18)(H2,15,16,19). The Hall–Kier alpha value is -2.24. The Kier molecular flexibility index (Phi) is 4.45. The summed E-state index contributed by atoms with van der Waals surface area (Å²) in [5, 5.41) is 13.9. The number of methoxy groups -OCH3 is 1. The third kappa shape index (κ3) is 3.20. The molecule has 6 nitrogen and oxygen atoms in total. The molecule has 20 heavy (non-hydrogen) atoms. The molecule has 0 saturated carbocycles. The van der Waals surface area contributed by atoms with E-state index in [2.05, 4.69) is 10.6 Å². The van der Waals surface area contributed by atoms with Crippen LogP contribution in [0.25, 0.3) is 0 Å². The molecule has 2 amide bonds. The van der Waals surface area contributed by atoms with Gasteiger partial charge in [0.1, 0.15) is 5.75 Å². The number of nitrogens with one attached hydrogen (secondary N) is 2. The van der Waals surface area contributed by atoms with Gasteiger partial charge in [-0.1, -0.05) is 12.1 Å². The molecule has 0 spiro atoms. The third-order valence-electron chi connectivity index (χ3n) is 3.38. The van der Waals surface area contributed by atoms with E-state index in [1.54, 1.807) is 7.11 Å². The van der Waals surface area contributed by atoms with E-state index in [9.17, 15) is 9.59 Å². The maximum absolute atomic E-state index is 11.7. The van der Waals surface area contributed by atoms with Crippen LogP contribution in [0.5, 0.6) is 5.75 Å². The molecule has 0 heterocycles. The fraction of sp³-hybridized carbons (Fsp3) is 0.429. The Bertz CT molecular complexity index is 516. The lowest BCUT2D eigenvalue weighted by Crippen LogP contribution is -2.38. The SMILES string of the molecule is COc1cccc2c1CCC2NC(=O)NCCC(=O)O. The number of carbonyl (C=O) groups is 2. The lowest BCUT2D eigenvalue weighted by molar-refractivity contribution is -0.136. The van der Waals surface area contributed by atoms with Gasteiger partial charge in [0, 0.05) is 6.54 Å². The zero-order valence-corrected chi connectivity index (χ0v) is 11.3. The van der Waals surface area contributed by atoms with E-state index < -0.39 is 5.97 Å². The van der Waals surface area contributed by atoms with E-state index in [4.69, 9.17) is 9.84 Å². The van der Waals surface area contributed by atoms with Crippen molar-refractivity contribution in [3.05, 3.63) is 29.3 Å². The molecule has 1 aromatic rings. The molecule has 1 atom stereocenters. The molecule has 1 aromatic carbocycles. The molecule has 0 aliphatic heterocycles. The van der Waals surface area contributed by atoms with Gasteiger partial charge in [0.05, 0.1) is 19.6 Å². The predicted molar refractivity (Wildman–Crippen MR) is 72.8 cm³/mol. The Balaban J connectivity index is 1.94. The number of hydrogen-bond donors (Lipinski definition) is 3. The molecule has 108 valence electrons. The number of carboxylic acid groups (broad SMARTS) is 1. The molecule has 6 heteroatoms. The minimum absolute atomic E-state index is 0.0510. The van der Waals surface area contributed by atoms with Crippen molar-refractivity contribution in [2.24, 2.45) is 0 Å². The average Bonchev–Trinajstić information content (AvgIpc) is 2.81. The third-order valence-corrected chi connectivity index (χ3v) is 3.38. The van der Waals surface area contributed by atoms with Gasteiger partial charge in [0.2, 0.25) is 0 Å². The predicted octanol–water partition coefficient (Wildman–Crippen LogP) is 1.46. The first-order chi connectivity index (χ1) is 9.61. The van der Waals surface area contributed by atoms with Crippen LogP contribution >= 0.6 is 0 Å². The number of rotatable bonds is 5. The van der Waals surface area contributed by atoms with Crippen molar-refractivity contribution in [1.29, 1.82) is 0 Å². The van der Waals surface area contributed by atoms with E-state index in [0.717, 1.165) is 29.7 Å². The van der Waals surface area contributed by atoms with E-state index >= 15 is 0 Å². The maximum atomic E-state index is 11.7. The van der Waals surface area contributed by atoms with E-state index in [-0.39, 0.29) is 25.0 Å². The number of aliphatic carboxylic acids is 1. The monoisotopic (exact) mass is 278 g/mol. The number of amides is 2. The number of fused-ring (bicyclic) bond motifs is 1. The highest BCUT2D eigenvalue weighted by Crippen LogP contribution is 2.36. The zero-order valence-electron chi connectivity index (χ0n) is 11.3. The highest BCUT2D eigenvalue weighted by molar-refractivity contribution is 5.75. The first kappa shape index (κ1) is 14.2. The number of benzene rings is 1. The second-order valence-corrected chi connectivity index (χ2v) is 4.66. The van der Waals surface area contributed by atoms with Gasteiger partial charge >= 0.3 is 12.0 Å². The number of hydrogen-bond acceptors (Lipinski definition) is 3. The van der Waals surface area contributed by atoms with Crippen LogP contribution in [0.3, 0.4) is 0 Å². The van der Waals surface area contributed by atoms with Crippen LogP contribution in [-0.2, 0) is 11.2 Å². The van der Waals surface area contributed by atoms with E-state index in [1.165, 1.54) is 0 Å². The second-order valence-electron chi connectivity index (χ2n) is 4.66. The Labute approximate surface area is 117 Å². The van der Waals surface area contributed by atoms with Crippen molar-refractivity contribution in [2.75, 3.05) is 13.7 Å². The summed E-state index contributed by atoms with van der Waals surface area (Å²) in [5.41, 5.74) is 2.20. The first-order valence-corrected chi connectivity index (χ1v) is 6.53. The molecule has 0 saturated heterocycles. The summed E-state index contributed by atoms with van der Waals surface area (Å²) in [6.07, 6.45) is 1.60. The summed E-state index contributed by atoms with van der Waals surface area (Å²) in [5.74, 6) is -0.0840. The number of urea groups is 1. The number of carboxylic acids is 1. The van der Waals surface area contributed by atoms with Crippen molar-refractivity contribution in [1.82, 2.24) is 10.6 Å². The summed E-state index contributed by atoms with van der Waals surface area (Å²) < 4.78 is 5.31. The lowest BCUT2D eigenvalue weighted by atomic mass is 10.1. The van der Waals surface area contributed by atoms with Gasteiger partial charge in [-0.2, -0.15) is 0 Å². The topological polar surface area (TPSA) is 87.7 Å². The first-order valence-electron chi connectivity index (χ1n) is 6.53. The Morgan fingerprint density at radius 1 is 1.45 bits per heavy atom. The van der Waals surface area contributed by atoms with Crippen molar-refractivity contribution >= 4 is 12.0 Å². The van der Waals surface area contributed by atoms with Crippen molar-refractivity contribution < 1.29 is 19.4 Å². The molecule has 1 unspecified atom stereocenters. The van der Waals surface area contributed by atoms with Gasteiger partial charge in [-0.3, -0.25) is 4.79 Å². The van der Waals surface area contributed by atoms with Crippen molar-refractivity contribution in [3.63, 3.8) is 0 Å². The summed E-state index contributed by atoms with van der Waals surface area (Å²) in [7, 11) is 1.63. The van der Waals surface area contributed by atoms with Crippen LogP contribution in [0.15, 0.2) is 18.2 Å². The average molecular weight is 278 g/mol. The fourth-order valence-corrected chi connectivity index (χ4v) is 2.45. The van der Waals surface area contributed by atoms with Crippen molar-refractivity contribution in [3.8, 4) is 5.75 Å². The zero-order chi connectivity index (χ0) is 14.5. The van der Waals surface area contributed by atoms with Crippen LogP contribution in [0.4, 0.5) is 4.79 Å². The molecular formula is C14H18N2O4. The van der Waals surface area contributed by atoms with Gasteiger partial charge in [-0.15, -0.1) is 0 Å². The molecule has 1 aliphatic rings. The van der Waals surface area contributed by atoms with Gasteiger partial charge in [0.25, 0.3) is 0 Å². The summed E-state index contributed by atoms with van der Waals surface area (Å²) in [4.78, 5) is 22.1. The maximum Gasteiger partial charge on any atom is 0.315 e. The quantitative estimate of drug-likeness (QED) is 0.761. The molecule has 0 radical (unpaired) electrons. The Morgan fingerprint density at radius 3 is 2.95 bits per heavy atom. The van der Waals surface area contributed by atoms with Gasteiger partial charge < -0.3 is 20.5 Å². The second kappa shape index (κ2) is 6.27. The molecule has 1 aliphatic carbocycles. The molecule has 0 aromatic heterocycles.